The smallest absolute Gasteiger partial charge is 0.317 e. The van der Waals surface area contributed by atoms with Gasteiger partial charge in [-0.15, -0.1) is 10.2 Å². The summed E-state index contributed by atoms with van der Waals surface area (Å²) in [5.41, 5.74) is 0.878. The van der Waals surface area contributed by atoms with Crippen molar-refractivity contribution in [1.29, 1.82) is 0 Å². The number of fused-ring (bicyclic) bond motifs is 1. The number of urea groups is 1. The normalized spacial score (nSPS) is 24.9. The van der Waals surface area contributed by atoms with Crippen molar-refractivity contribution in [3.05, 3.63) is 29.7 Å². The van der Waals surface area contributed by atoms with Gasteiger partial charge in [-0.05, 0) is 43.4 Å². The second-order valence-corrected chi connectivity index (χ2v) is 10.6. The molecule has 0 unspecified atom stereocenters. The Morgan fingerprint density at radius 3 is 2.61 bits per heavy atom. The van der Waals surface area contributed by atoms with E-state index in [1.165, 1.54) is 10.4 Å². The van der Waals surface area contributed by atoms with E-state index in [2.05, 4.69) is 15.5 Å². The predicted molar refractivity (Wildman–Crippen MR) is 113 cm³/mol. The van der Waals surface area contributed by atoms with Gasteiger partial charge in [0.25, 0.3) is 5.89 Å². The molecule has 1 aliphatic carbocycles. The van der Waals surface area contributed by atoms with Crippen LogP contribution in [0.15, 0.2) is 27.5 Å². The van der Waals surface area contributed by atoms with Gasteiger partial charge >= 0.3 is 12.5 Å². The van der Waals surface area contributed by atoms with Crippen LogP contribution in [0, 0.1) is 0 Å². The molecule has 1 N–H and O–H groups in total. The number of carbonyl (C=O) groups excluding carboxylic acids is 1. The highest BCUT2D eigenvalue weighted by atomic mass is 32.2. The fourth-order valence-corrected chi connectivity index (χ4v) is 6.88. The van der Waals surface area contributed by atoms with Gasteiger partial charge in [0.15, 0.2) is 0 Å². The zero-order chi connectivity index (χ0) is 23.2. The predicted octanol–water partition coefficient (Wildman–Crippen LogP) is 3.30. The van der Waals surface area contributed by atoms with Crippen molar-refractivity contribution in [2.75, 3.05) is 13.1 Å². The number of rotatable bonds is 4. The number of nitrogens with one attached hydrogen (secondary N) is 1. The van der Waals surface area contributed by atoms with E-state index in [0.717, 1.165) is 45.2 Å². The first-order valence-corrected chi connectivity index (χ1v) is 12.6. The van der Waals surface area contributed by atoms with E-state index in [9.17, 15) is 22.0 Å². The van der Waals surface area contributed by atoms with Gasteiger partial charge in [-0.2, -0.15) is 13.1 Å². The third-order valence-corrected chi connectivity index (χ3v) is 8.61. The summed E-state index contributed by atoms with van der Waals surface area (Å²) >= 11 is 0. The number of alkyl halides is 2. The molecular weight excluding hydrogens is 456 g/mol. The molecule has 2 amide bonds. The molecule has 3 heterocycles. The fourth-order valence-electron chi connectivity index (χ4n) is 4.97. The average Bonchev–Trinajstić information content (AvgIpc) is 3.54. The number of halogens is 2. The maximum Gasteiger partial charge on any atom is 0.317 e. The highest BCUT2D eigenvalue weighted by molar-refractivity contribution is 7.89. The van der Waals surface area contributed by atoms with Crippen molar-refractivity contribution in [3.8, 4) is 11.5 Å². The zero-order valence-electron chi connectivity index (χ0n) is 17.9. The Labute approximate surface area is 190 Å². The van der Waals surface area contributed by atoms with Gasteiger partial charge in [0.05, 0.1) is 4.90 Å². The number of likely N-dealkylation sites (tertiary alicyclic amines) is 1. The van der Waals surface area contributed by atoms with Gasteiger partial charge in [0, 0.05) is 37.3 Å². The van der Waals surface area contributed by atoms with Gasteiger partial charge < -0.3 is 14.6 Å². The fraction of sp³-hybridized carbons (Fsp3) is 0.571. The number of hydrogen-bond donors (Lipinski definition) is 1. The molecule has 1 saturated carbocycles. The Kier molecular flexibility index (Phi) is 5.81. The highest BCUT2D eigenvalue weighted by Gasteiger charge is 2.44. The molecule has 33 heavy (non-hydrogen) atoms. The SMILES string of the molecule is O=C(N[C@@H]1CCCC[C@H]1N1Cc2ccc(-c3nnc(C(F)F)o3)cc2S1(=O)=O)N1CCCC1. The van der Waals surface area contributed by atoms with Crippen LogP contribution in [-0.4, -0.2) is 59.0 Å². The van der Waals surface area contributed by atoms with Crippen LogP contribution in [0.2, 0.25) is 0 Å². The van der Waals surface area contributed by atoms with Crippen LogP contribution in [0.3, 0.4) is 0 Å². The Bertz CT molecular complexity index is 1150. The Morgan fingerprint density at radius 2 is 1.88 bits per heavy atom. The molecule has 1 aromatic carbocycles. The standard InChI is InChI=1S/C21H25F2N5O4S/c22-18(23)20-26-25-19(32-20)13-7-8-14-12-28(33(30,31)17(14)11-13)16-6-2-1-5-15(16)24-21(29)27-9-3-4-10-27/h7-8,11,15-16,18H,1-6,9-10,12H2,(H,24,29)/t15-,16-/m1/s1. The van der Waals surface area contributed by atoms with Crippen LogP contribution < -0.4 is 5.32 Å². The summed E-state index contributed by atoms with van der Waals surface area (Å²) < 4.78 is 59.0. The number of hydrogen-bond acceptors (Lipinski definition) is 6. The van der Waals surface area contributed by atoms with Gasteiger partial charge in [0.2, 0.25) is 15.9 Å². The van der Waals surface area contributed by atoms with Crippen LogP contribution in [0.1, 0.15) is 56.4 Å². The van der Waals surface area contributed by atoms with E-state index >= 15 is 0 Å². The number of sulfonamides is 1. The van der Waals surface area contributed by atoms with Crippen LogP contribution in [-0.2, 0) is 16.6 Å². The van der Waals surface area contributed by atoms with Crippen molar-refractivity contribution < 1.29 is 26.4 Å². The van der Waals surface area contributed by atoms with Crippen molar-refractivity contribution in [2.24, 2.45) is 0 Å². The molecule has 2 aromatic rings. The molecule has 1 saturated heterocycles. The summed E-state index contributed by atoms with van der Waals surface area (Å²) in [4.78, 5) is 14.6. The number of carbonyl (C=O) groups is 1. The lowest BCUT2D eigenvalue weighted by Gasteiger charge is -2.38. The van der Waals surface area contributed by atoms with Crippen molar-refractivity contribution >= 4 is 16.1 Å². The first kappa shape index (κ1) is 22.2. The van der Waals surface area contributed by atoms with Crippen molar-refractivity contribution in [1.82, 2.24) is 24.7 Å². The minimum absolute atomic E-state index is 0.104. The van der Waals surface area contributed by atoms with E-state index in [4.69, 9.17) is 4.42 Å². The molecule has 2 aliphatic heterocycles. The molecule has 2 atom stereocenters. The highest BCUT2D eigenvalue weighted by Crippen LogP contribution is 2.38. The quantitative estimate of drug-likeness (QED) is 0.718. The van der Waals surface area contributed by atoms with Crippen LogP contribution >= 0.6 is 0 Å². The first-order valence-electron chi connectivity index (χ1n) is 11.2. The summed E-state index contributed by atoms with van der Waals surface area (Å²) in [5.74, 6) is -0.969. The Hall–Kier alpha value is -2.60. The van der Waals surface area contributed by atoms with Crippen molar-refractivity contribution in [3.63, 3.8) is 0 Å². The molecule has 2 fully saturated rings. The van der Waals surface area contributed by atoms with Crippen LogP contribution in [0.5, 0.6) is 0 Å². The monoisotopic (exact) mass is 481 g/mol. The van der Waals surface area contributed by atoms with E-state index in [1.54, 1.807) is 17.0 Å². The van der Waals surface area contributed by atoms with E-state index < -0.39 is 22.3 Å². The second-order valence-electron chi connectivity index (χ2n) is 8.72. The third kappa shape index (κ3) is 4.10. The summed E-state index contributed by atoms with van der Waals surface area (Å²) in [6.07, 6.45) is 2.25. The molecule has 9 nitrogen and oxygen atoms in total. The molecule has 12 heteroatoms. The second kappa shape index (κ2) is 8.64. The Morgan fingerprint density at radius 1 is 1.12 bits per heavy atom. The molecule has 5 rings (SSSR count). The third-order valence-electron chi connectivity index (χ3n) is 6.66. The van der Waals surface area contributed by atoms with Gasteiger partial charge in [-0.25, -0.2) is 13.2 Å². The number of amides is 2. The van der Waals surface area contributed by atoms with E-state index in [0.29, 0.717) is 12.0 Å². The van der Waals surface area contributed by atoms with Gasteiger partial charge in [0.1, 0.15) is 0 Å². The number of aromatic nitrogens is 2. The van der Waals surface area contributed by atoms with E-state index in [1.807, 2.05) is 0 Å². The number of nitrogens with zero attached hydrogens (tertiary/aromatic N) is 4. The molecule has 178 valence electrons. The summed E-state index contributed by atoms with van der Waals surface area (Å²) in [6.45, 7) is 1.65. The minimum atomic E-state index is -3.84. The lowest BCUT2D eigenvalue weighted by Crippen LogP contribution is -2.55. The molecule has 1 aromatic heterocycles. The summed E-state index contributed by atoms with van der Waals surface area (Å²) in [7, 11) is -3.84. The maximum atomic E-state index is 13.5. The number of benzene rings is 1. The van der Waals surface area contributed by atoms with Crippen LogP contribution in [0.25, 0.3) is 11.5 Å². The summed E-state index contributed by atoms with van der Waals surface area (Å²) in [5, 5.41) is 10.0. The molecule has 0 bridgehead atoms. The van der Waals surface area contributed by atoms with E-state index in [-0.39, 0.29) is 41.0 Å². The molecule has 0 radical (unpaired) electrons. The van der Waals surface area contributed by atoms with Crippen LogP contribution in [0.4, 0.5) is 13.6 Å². The minimum Gasteiger partial charge on any atom is -0.415 e. The lowest BCUT2D eigenvalue weighted by molar-refractivity contribution is 0.116. The van der Waals surface area contributed by atoms with Gasteiger partial charge in [-0.1, -0.05) is 18.9 Å². The molecular formula is C21H25F2N5O4S. The zero-order valence-corrected chi connectivity index (χ0v) is 18.7. The maximum absolute atomic E-state index is 13.5. The average molecular weight is 482 g/mol. The van der Waals surface area contributed by atoms with Gasteiger partial charge in [-0.3, -0.25) is 0 Å². The lowest BCUT2D eigenvalue weighted by atomic mass is 9.90. The largest absolute Gasteiger partial charge is 0.415 e. The topological polar surface area (TPSA) is 109 Å². The first-order chi connectivity index (χ1) is 15.8. The van der Waals surface area contributed by atoms with Crippen molar-refractivity contribution in [2.45, 2.75) is 68.5 Å². The molecule has 0 spiro atoms. The molecule has 3 aliphatic rings. The summed E-state index contributed by atoms with van der Waals surface area (Å²) in [6, 6.07) is 3.89. The Balaban J connectivity index is 1.39.